The molecule has 5 nitrogen and oxygen atoms in total. The monoisotopic (exact) mass is 289 g/mol. The van der Waals surface area contributed by atoms with Gasteiger partial charge in [0.05, 0.1) is 18.8 Å². The number of fused-ring (bicyclic) bond motifs is 1. The van der Waals surface area contributed by atoms with Crippen molar-refractivity contribution in [2.24, 2.45) is 0 Å². The number of nitrogens with one attached hydrogen (secondary N) is 2. The van der Waals surface area contributed by atoms with E-state index in [0.717, 1.165) is 36.5 Å². The summed E-state index contributed by atoms with van der Waals surface area (Å²) in [5.74, 6) is 0.0204. The zero-order chi connectivity index (χ0) is 15.0. The normalized spacial score (nSPS) is 28.4. The van der Waals surface area contributed by atoms with E-state index in [0.29, 0.717) is 6.04 Å². The van der Waals surface area contributed by atoms with Crippen LogP contribution in [0.4, 0.5) is 11.4 Å². The summed E-state index contributed by atoms with van der Waals surface area (Å²) in [5.41, 5.74) is 3.11. The van der Waals surface area contributed by atoms with Gasteiger partial charge in [0.15, 0.2) is 0 Å². The third kappa shape index (κ3) is 2.51. The van der Waals surface area contributed by atoms with E-state index >= 15 is 0 Å². The summed E-state index contributed by atoms with van der Waals surface area (Å²) in [5, 5.41) is 6.01. The van der Waals surface area contributed by atoms with E-state index in [1.807, 2.05) is 7.05 Å². The van der Waals surface area contributed by atoms with Crippen LogP contribution in [-0.4, -0.2) is 38.3 Å². The van der Waals surface area contributed by atoms with Crippen molar-refractivity contribution in [2.75, 3.05) is 30.4 Å². The van der Waals surface area contributed by atoms with Crippen LogP contribution in [0.2, 0.25) is 0 Å². The molecule has 2 aliphatic heterocycles. The van der Waals surface area contributed by atoms with Crippen molar-refractivity contribution < 1.29 is 9.53 Å². The molecule has 0 bridgehead atoms. The number of carbonyl (C=O) groups excluding carboxylic acids is 1. The number of morpholine rings is 1. The van der Waals surface area contributed by atoms with E-state index in [9.17, 15) is 4.79 Å². The predicted molar refractivity (Wildman–Crippen MR) is 83.7 cm³/mol. The first kappa shape index (κ1) is 14.4. The summed E-state index contributed by atoms with van der Waals surface area (Å²) >= 11 is 0. The van der Waals surface area contributed by atoms with Crippen molar-refractivity contribution in [1.29, 1.82) is 0 Å². The van der Waals surface area contributed by atoms with Gasteiger partial charge in [0.2, 0.25) is 5.91 Å². The molecule has 3 rings (SSSR count). The lowest BCUT2D eigenvalue weighted by Gasteiger charge is -2.40. The minimum atomic E-state index is -0.236. The number of rotatable bonds is 3. The first-order valence-corrected chi connectivity index (χ1v) is 7.64. The Morgan fingerprint density at radius 2 is 2.29 bits per heavy atom. The van der Waals surface area contributed by atoms with Crippen molar-refractivity contribution in [1.82, 2.24) is 5.32 Å². The maximum atomic E-state index is 11.9. The summed E-state index contributed by atoms with van der Waals surface area (Å²) < 4.78 is 5.76. The van der Waals surface area contributed by atoms with Gasteiger partial charge < -0.3 is 20.3 Å². The van der Waals surface area contributed by atoms with E-state index < -0.39 is 0 Å². The van der Waals surface area contributed by atoms with Gasteiger partial charge in [0, 0.05) is 23.5 Å². The van der Waals surface area contributed by atoms with E-state index in [1.165, 1.54) is 0 Å². The lowest BCUT2D eigenvalue weighted by Crippen LogP contribution is -2.48. The first-order valence-electron chi connectivity index (χ1n) is 7.64. The molecular formula is C16H23N3O2. The smallest absolute Gasteiger partial charge is 0.246 e. The molecule has 3 atom stereocenters. The van der Waals surface area contributed by atoms with Crippen LogP contribution >= 0.6 is 0 Å². The number of nitrogens with zero attached hydrogens (tertiary/aromatic N) is 1. The summed E-state index contributed by atoms with van der Waals surface area (Å²) in [6, 6.07) is 6.42. The zero-order valence-electron chi connectivity index (χ0n) is 12.8. The maximum absolute atomic E-state index is 11.9. The molecule has 2 N–H and O–H groups in total. The molecule has 21 heavy (non-hydrogen) atoms. The van der Waals surface area contributed by atoms with Crippen LogP contribution in [0.3, 0.4) is 0 Å². The number of likely N-dealkylation sites (N-methyl/N-ethyl adjacent to an activating group) is 1. The lowest BCUT2D eigenvalue weighted by atomic mass is 10.1. The largest absolute Gasteiger partial charge is 0.375 e. The molecule has 0 spiro atoms. The van der Waals surface area contributed by atoms with Gasteiger partial charge >= 0.3 is 0 Å². The highest BCUT2D eigenvalue weighted by Gasteiger charge is 2.31. The third-order valence-corrected chi connectivity index (χ3v) is 4.43. The average Bonchev–Trinajstić information content (AvgIpc) is 2.81. The van der Waals surface area contributed by atoms with Crippen molar-refractivity contribution >= 4 is 17.3 Å². The van der Waals surface area contributed by atoms with Crippen LogP contribution in [0.5, 0.6) is 0 Å². The summed E-state index contributed by atoms with van der Waals surface area (Å²) in [7, 11) is 1.81. The summed E-state index contributed by atoms with van der Waals surface area (Å²) in [6.07, 6.45) is 1.29. The molecule has 2 heterocycles. The number of benzene rings is 1. The van der Waals surface area contributed by atoms with Crippen LogP contribution in [0, 0.1) is 0 Å². The van der Waals surface area contributed by atoms with E-state index in [4.69, 9.17) is 4.74 Å². The number of anilines is 2. The predicted octanol–water partition coefficient (Wildman–Crippen LogP) is 1.90. The van der Waals surface area contributed by atoms with Crippen LogP contribution < -0.4 is 15.5 Å². The zero-order valence-corrected chi connectivity index (χ0v) is 12.8. The summed E-state index contributed by atoms with van der Waals surface area (Å²) in [4.78, 5) is 14.3. The van der Waals surface area contributed by atoms with Gasteiger partial charge in [-0.25, -0.2) is 0 Å². The Morgan fingerprint density at radius 1 is 1.48 bits per heavy atom. The summed E-state index contributed by atoms with van der Waals surface area (Å²) in [6.45, 7) is 5.94. The van der Waals surface area contributed by atoms with Gasteiger partial charge in [-0.3, -0.25) is 4.79 Å². The average molecular weight is 289 g/mol. The van der Waals surface area contributed by atoms with Crippen molar-refractivity contribution in [3.8, 4) is 0 Å². The SMILES string of the molecule is CCC1COC(C)CN1c1ccc2c(c1)NC(=O)C2NC. The Labute approximate surface area is 125 Å². The van der Waals surface area contributed by atoms with Crippen LogP contribution in [0.1, 0.15) is 31.9 Å². The molecule has 1 aromatic rings. The molecule has 114 valence electrons. The number of hydrogen-bond acceptors (Lipinski definition) is 4. The molecule has 0 saturated carbocycles. The van der Waals surface area contributed by atoms with Gasteiger partial charge in [0.1, 0.15) is 6.04 Å². The Bertz CT molecular complexity index is 546. The Morgan fingerprint density at radius 3 is 3.00 bits per heavy atom. The maximum Gasteiger partial charge on any atom is 0.246 e. The molecular weight excluding hydrogens is 266 g/mol. The second kappa shape index (κ2) is 5.66. The lowest BCUT2D eigenvalue weighted by molar-refractivity contribution is -0.117. The quantitative estimate of drug-likeness (QED) is 0.892. The molecule has 0 aromatic heterocycles. The molecule has 2 aliphatic rings. The minimum Gasteiger partial charge on any atom is -0.375 e. The molecule has 0 aliphatic carbocycles. The topological polar surface area (TPSA) is 53.6 Å². The molecule has 1 amide bonds. The highest BCUT2D eigenvalue weighted by Crippen LogP contribution is 2.35. The standard InChI is InChI=1S/C16H23N3O2/c1-4-11-9-21-10(2)8-19(11)12-5-6-13-14(7-12)18-16(20)15(13)17-3/h5-7,10-11,15,17H,4,8-9H2,1-3H3,(H,18,20). The molecule has 3 unspecified atom stereocenters. The highest BCUT2D eigenvalue weighted by atomic mass is 16.5. The second-order valence-electron chi connectivity index (χ2n) is 5.84. The van der Waals surface area contributed by atoms with Crippen molar-refractivity contribution in [3.05, 3.63) is 23.8 Å². The fourth-order valence-electron chi connectivity index (χ4n) is 3.21. The first-order chi connectivity index (χ1) is 10.1. The van der Waals surface area contributed by atoms with Crippen LogP contribution in [-0.2, 0) is 9.53 Å². The number of ether oxygens (including phenoxy) is 1. The minimum absolute atomic E-state index is 0.0204. The fourth-order valence-corrected chi connectivity index (χ4v) is 3.21. The number of carbonyl (C=O) groups is 1. The van der Waals surface area contributed by atoms with Gasteiger partial charge in [-0.05, 0) is 32.5 Å². The Kier molecular flexibility index (Phi) is 3.87. The fraction of sp³-hybridized carbons (Fsp3) is 0.562. The third-order valence-electron chi connectivity index (χ3n) is 4.43. The highest BCUT2D eigenvalue weighted by molar-refractivity contribution is 6.03. The van der Waals surface area contributed by atoms with Gasteiger partial charge in [-0.2, -0.15) is 0 Å². The van der Waals surface area contributed by atoms with Gasteiger partial charge in [-0.15, -0.1) is 0 Å². The molecule has 0 radical (unpaired) electrons. The Balaban J connectivity index is 1.90. The Hall–Kier alpha value is -1.59. The second-order valence-corrected chi connectivity index (χ2v) is 5.84. The number of amides is 1. The van der Waals surface area contributed by atoms with E-state index in [2.05, 4.69) is 47.6 Å². The number of hydrogen-bond donors (Lipinski definition) is 2. The van der Waals surface area contributed by atoms with Gasteiger partial charge in [-0.1, -0.05) is 13.0 Å². The molecule has 1 fully saturated rings. The van der Waals surface area contributed by atoms with Crippen LogP contribution in [0.15, 0.2) is 18.2 Å². The molecule has 1 aromatic carbocycles. The molecule has 1 saturated heterocycles. The molecule has 5 heteroatoms. The van der Waals surface area contributed by atoms with Gasteiger partial charge in [0.25, 0.3) is 0 Å². The van der Waals surface area contributed by atoms with Crippen LogP contribution in [0.25, 0.3) is 0 Å². The van der Waals surface area contributed by atoms with E-state index in [-0.39, 0.29) is 18.1 Å². The van der Waals surface area contributed by atoms with Crippen molar-refractivity contribution in [3.63, 3.8) is 0 Å². The van der Waals surface area contributed by atoms with E-state index in [1.54, 1.807) is 0 Å². The van der Waals surface area contributed by atoms with Crippen molar-refractivity contribution in [2.45, 2.75) is 38.5 Å².